The maximum absolute atomic E-state index is 11.8. The average molecular weight is 287 g/mol. The zero-order valence-corrected chi connectivity index (χ0v) is 12.1. The molecule has 20 heavy (non-hydrogen) atoms. The molecule has 0 spiro atoms. The van der Waals surface area contributed by atoms with E-state index < -0.39 is 5.97 Å². The maximum Gasteiger partial charge on any atom is 0.306 e. The molecule has 0 unspecified atom stereocenters. The van der Waals surface area contributed by atoms with Crippen LogP contribution in [0.1, 0.15) is 32.1 Å². The number of nitrogens with one attached hydrogen (secondary N) is 1. The van der Waals surface area contributed by atoms with E-state index in [2.05, 4.69) is 5.32 Å². The molecule has 0 saturated heterocycles. The highest BCUT2D eigenvalue weighted by molar-refractivity contribution is 5.80. The van der Waals surface area contributed by atoms with Gasteiger partial charge in [0.15, 0.2) is 0 Å². The number of carboxylic acid groups (broad SMARTS) is 1. The van der Waals surface area contributed by atoms with Crippen LogP contribution < -0.4 is 5.32 Å². The molecule has 6 nitrogen and oxygen atoms in total. The van der Waals surface area contributed by atoms with Crippen LogP contribution in [0.5, 0.6) is 0 Å². The van der Waals surface area contributed by atoms with Crippen LogP contribution in [0.2, 0.25) is 0 Å². The molecule has 0 heterocycles. The van der Waals surface area contributed by atoms with Crippen LogP contribution in [0.25, 0.3) is 0 Å². The third kappa shape index (κ3) is 6.34. The molecule has 0 aromatic rings. The van der Waals surface area contributed by atoms with E-state index in [4.69, 9.17) is 14.6 Å². The van der Waals surface area contributed by atoms with Gasteiger partial charge < -0.3 is 19.9 Å². The molecule has 0 aromatic heterocycles. The Kier molecular flexibility index (Phi) is 8.22. The van der Waals surface area contributed by atoms with Crippen molar-refractivity contribution in [3.8, 4) is 0 Å². The minimum atomic E-state index is -0.784. The first-order chi connectivity index (χ1) is 9.65. The van der Waals surface area contributed by atoms with Crippen LogP contribution in [0.4, 0.5) is 0 Å². The van der Waals surface area contributed by atoms with Crippen molar-refractivity contribution in [2.45, 2.75) is 32.1 Å². The summed E-state index contributed by atoms with van der Waals surface area (Å²) in [5.41, 5.74) is 0. The number of carboxylic acids is 1. The number of amides is 1. The Balaban J connectivity index is 1.99. The zero-order chi connectivity index (χ0) is 14.8. The van der Waals surface area contributed by atoms with Gasteiger partial charge in [-0.25, -0.2) is 0 Å². The molecule has 0 radical (unpaired) electrons. The lowest BCUT2D eigenvalue weighted by atomic mass is 10.0. The number of rotatable bonds is 10. The molecular formula is C14H25NO5. The smallest absolute Gasteiger partial charge is 0.306 e. The normalized spacial score (nSPS) is 21.9. The van der Waals surface area contributed by atoms with Crippen molar-refractivity contribution in [1.82, 2.24) is 5.32 Å². The molecule has 1 fully saturated rings. The number of unbranched alkanes of at least 4 members (excludes halogenated alkanes) is 1. The van der Waals surface area contributed by atoms with E-state index in [9.17, 15) is 9.59 Å². The molecule has 1 aliphatic rings. The second kappa shape index (κ2) is 9.72. The number of methoxy groups -OCH3 is 1. The van der Waals surface area contributed by atoms with Crippen LogP contribution in [0.3, 0.4) is 0 Å². The Bertz CT molecular complexity index is 308. The topological polar surface area (TPSA) is 84.9 Å². The number of hydrogen-bond acceptors (Lipinski definition) is 4. The molecular weight excluding hydrogens is 262 g/mol. The number of carbonyl (C=O) groups is 2. The number of ether oxygens (including phenoxy) is 2. The predicted molar refractivity (Wildman–Crippen MR) is 73.4 cm³/mol. The lowest BCUT2D eigenvalue weighted by Crippen LogP contribution is -2.30. The van der Waals surface area contributed by atoms with Gasteiger partial charge in [0.05, 0.1) is 19.1 Å². The third-order valence-corrected chi connectivity index (χ3v) is 3.60. The minimum absolute atomic E-state index is 0.00551. The fourth-order valence-electron chi connectivity index (χ4n) is 2.37. The van der Waals surface area contributed by atoms with Gasteiger partial charge in [-0.1, -0.05) is 0 Å². The van der Waals surface area contributed by atoms with Crippen LogP contribution >= 0.6 is 0 Å². The van der Waals surface area contributed by atoms with E-state index in [1.54, 1.807) is 7.11 Å². The molecule has 1 aliphatic carbocycles. The zero-order valence-electron chi connectivity index (χ0n) is 12.1. The molecule has 116 valence electrons. The van der Waals surface area contributed by atoms with Gasteiger partial charge in [-0.05, 0) is 32.1 Å². The summed E-state index contributed by atoms with van der Waals surface area (Å²) >= 11 is 0. The van der Waals surface area contributed by atoms with Crippen molar-refractivity contribution in [2.24, 2.45) is 11.8 Å². The van der Waals surface area contributed by atoms with Crippen LogP contribution in [0, 0.1) is 11.8 Å². The molecule has 1 rings (SSSR count). The van der Waals surface area contributed by atoms with Crippen molar-refractivity contribution < 1.29 is 24.2 Å². The Labute approximate surface area is 119 Å². The monoisotopic (exact) mass is 287 g/mol. The molecule has 0 aliphatic heterocycles. The molecule has 2 atom stereocenters. The maximum atomic E-state index is 11.8. The van der Waals surface area contributed by atoms with Crippen LogP contribution in [-0.4, -0.2) is 50.5 Å². The standard InChI is InChI=1S/C14H25NO5/c1-19-8-9-20-7-3-2-6-15-13(16)11-4-5-12(10-11)14(17)18/h11-12H,2-10H2,1H3,(H,15,16)(H,17,18)/t11-,12+/m1/s1. The minimum Gasteiger partial charge on any atom is -0.481 e. The highest BCUT2D eigenvalue weighted by atomic mass is 16.5. The highest BCUT2D eigenvalue weighted by Gasteiger charge is 2.33. The molecule has 1 amide bonds. The summed E-state index contributed by atoms with van der Waals surface area (Å²) in [5.74, 6) is -1.27. The molecule has 0 bridgehead atoms. The number of carbonyl (C=O) groups excluding carboxylic acids is 1. The van der Waals surface area contributed by atoms with Crippen LogP contribution in [-0.2, 0) is 19.1 Å². The van der Waals surface area contributed by atoms with Gasteiger partial charge in [0.2, 0.25) is 5.91 Å². The van der Waals surface area contributed by atoms with E-state index in [-0.39, 0.29) is 17.7 Å². The van der Waals surface area contributed by atoms with Gasteiger partial charge in [0.1, 0.15) is 0 Å². The first-order valence-corrected chi connectivity index (χ1v) is 7.22. The number of hydrogen-bond donors (Lipinski definition) is 2. The van der Waals surface area contributed by atoms with E-state index >= 15 is 0 Å². The fraction of sp³-hybridized carbons (Fsp3) is 0.857. The molecule has 0 aromatic carbocycles. The average Bonchev–Trinajstić information content (AvgIpc) is 2.91. The summed E-state index contributed by atoms with van der Waals surface area (Å²) in [6, 6.07) is 0. The Morgan fingerprint density at radius 2 is 1.90 bits per heavy atom. The van der Waals surface area contributed by atoms with Crippen molar-refractivity contribution in [1.29, 1.82) is 0 Å². The molecule has 1 saturated carbocycles. The largest absolute Gasteiger partial charge is 0.481 e. The highest BCUT2D eigenvalue weighted by Crippen LogP contribution is 2.30. The Morgan fingerprint density at radius 1 is 1.15 bits per heavy atom. The summed E-state index contributed by atoms with van der Waals surface area (Å²) in [7, 11) is 1.64. The van der Waals surface area contributed by atoms with Crippen molar-refractivity contribution in [3.05, 3.63) is 0 Å². The summed E-state index contributed by atoms with van der Waals surface area (Å²) in [5, 5.41) is 11.8. The third-order valence-electron chi connectivity index (χ3n) is 3.60. The lowest BCUT2D eigenvalue weighted by molar-refractivity contribution is -0.141. The summed E-state index contributed by atoms with van der Waals surface area (Å²) in [4.78, 5) is 22.7. The van der Waals surface area contributed by atoms with E-state index in [1.165, 1.54) is 0 Å². The van der Waals surface area contributed by atoms with Crippen molar-refractivity contribution in [3.63, 3.8) is 0 Å². The molecule has 6 heteroatoms. The first kappa shape index (κ1) is 16.9. The van der Waals surface area contributed by atoms with Crippen molar-refractivity contribution >= 4 is 11.9 Å². The van der Waals surface area contributed by atoms with Gasteiger partial charge in [0, 0.05) is 26.2 Å². The van der Waals surface area contributed by atoms with Gasteiger partial charge in [-0.15, -0.1) is 0 Å². The predicted octanol–water partition coefficient (Wildman–Crippen LogP) is 1.05. The summed E-state index contributed by atoms with van der Waals surface area (Å²) in [6.07, 6.45) is 3.53. The van der Waals surface area contributed by atoms with Gasteiger partial charge >= 0.3 is 5.97 Å². The second-order valence-electron chi connectivity index (χ2n) is 5.15. The second-order valence-corrected chi connectivity index (χ2v) is 5.15. The Morgan fingerprint density at radius 3 is 2.55 bits per heavy atom. The van der Waals surface area contributed by atoms with E-state index in [1.807, 2.05) is 0 Å². The lowest BCUT2D eigenvalue weighted by Gasteiger charge is -2.10. The van der Waals surface area contributed by atoms with E-state index in [0.717, 1.165) is 12.8 Å². The summed E-state index contributed by atoms with van der Waals surface area (Å²) < 4.78 is 10.2. The van der Waals surface area contributed by atoms with Gasteiger partial charge in [-0.2, -0.15) is 0 Å². The first-order valence-electron chi connectivity index (χ1n) is 7.22. The SMILES string of the molecule is COCCOCCCCNC(=O)[C@@H]1CC[C@H](C(=O)O)C1. The quantitative estimate of drug-likeness (QED) is 0.587. The van der Waals surface area contributed by atoms with Gasteiger partial charge in [-0.3, -0.25) is 9.59 Å². The summed E-state index contributed by atoms with van der Waals surface area (Å²) in [6.45, 7) is 2.50. The van der Waals surface area contributed by atoms with Gasteiger partial charge in [0.25, 0.3) is 0 Å². The fourth-order valence-corrected chi connectivity index (χ4v) is 2.37. The van der Waals surface area contributed by atoms with Crippen LogP contribution in [0.15, 0.2) is 0 Å². The van der Waals surface area contributed by atoms with E-state index in [0.29, 0.717) is 45.6 Å². The molecule has 2 N–H and O–H groups in total. The number of aliphatic carboxylic acids is 1. The Hall–Kier alpha value is -1.14. The van der Waals surface area contributed by atoms with Crippen molar-refractivity contribution in [2.75, 3.05) is 33.5 Å².